The molecular formula is C21H28N2O. The second kappa shape index (κ2) is 8.43. The highest BCUT2D eigenvalue weighted by atomic mass is 16.3. The Hall–Kier alpha value is -1.68. The van der Waals surface area contributed by atoms with E-state index in [1.54, 1.807) is 0 Å². The van der Waals surface area contributed by atoms with Crippen molar-refractivity contribution < 1.29 is 5.11 Å². The lowest BCUT2D eigenvalue weighted by Crippen LogP contribution is -2.53. The molecule has 1 heterocycles. The highest BCUT2D eigenvalue weighted by Gasteiger charge is 2.30. The van der Waals surface area contributed by atoms with Gasteiger partial charge in [0.1, 0.15) is 0 Å². The lowest BCUT2D eigenvalue weighted by Gasteiger charge is -2.44. The summed E-state index contributed by atoms with van der Waals surface area (Å²) in [5.41, 5.74) is 2.72. The molecule has 0 amide bonds. The van der Waals surface area contributed by atoms with Crippen LogP contribution < -0.4 is 0 Å². The van der Waals surface area contributed by atoms with Gasteiger partial charge in [-0.3, -0.25) is 4.90 Å². The van der Waals surface area contributed by atoms with E-state index in [0.717, 1.165) is 32.6 Å². The molecule has 0 radical (unpaired) electrons. The van der Waals surface area contributed by atoms with Crippen molar-refractivity contribution in [2.45, 2.75) is 25.4 Å². The Kier molecular flexibility index (Phi) is 6.02. The third-order valence-corrected chi connectivity index (χ3v) is 4.96. The van der Waals surface area contributed by atoms with Crippen LogP contribution in [-0.2, 0) is 0 Å². The zero-order valence-corrected chi connectivity index (χ0v) is 14.5. The fourth-order valence-electron chi connectivity index (χ4n) is 3.77. The summed E-state index contributed by atoms with van der Waals surface area (Å²) in [7, 11) is 0. The third-order valence-electron chi connectivity index (χ3n) is 4.96. The van der Waals surface area contributed by atoms with E-state index in [2.05, 4.69) is 77.4 Å². The van der Waals surface area contributed by atoms with Crippen molar-refractivity contribution in [1.82, 2.24) is 9.80 Å². The number of aliphatic hydroxyl groups is 1. The van der Waals surface area contributed by atoms with Crippen LogP contribution >= 0.6 is 0 Å². The molecule has 0 spiro atoms. The molecular weight excluding hydrogens is 296 g/mol. The Morgan fingerprint density at radius 3 is 2.04 bits per heavy atom. The minimum atomic E-state index is 0.283. The van der Waals surface area contributed by atoms with Gasteiger partial charge in [-0.25, -0.2) is 0 Å². The zero-order valence-electron chi connectivity index (χ0n) is 14.5. The van der Waals surface area contributed by atoms with E-state index in [1.807, 2.05) is 0 Å². The lowest BCUT2D eigenvalue weighted by atomic mass is 9.95. The topological polar surface area (TPSA) is 26.7 Å². The van der Waals surface area contributed by atoms with Crippen LogP contribution in [0.1, 0.15) is 30.5 Å². The summed E-state index contributed by atoms with van der Waals surface area (Å²) in [6, 6.07) is 22.5. The third kappa shape index (κ3) is 4.04. The first-order chi connectivity index (χ1) is 11.8. The van der Waals surface area contributed by atoms with Gasteiger partial charge in [0.05, 0.1) is 6.04 Å². The molecule has 1 N–H and O–H groups in total. The first-order valence-corrected chi connectivity index (χ1v) is 8.98. The number of piperazine rings is 1. The molecule has 1 atom stereocenters. The van der Waals surface area contributed by atoms with Crippen molar-refractivity contribution in [2.24, 2.45) is 0 Å². The second-order valence-electron chi connectivity index (χ2n) is 6.69. The molecule has 0 bridgehead atoms. The van der Waals surface area contributed by atoms with Crippen molar-refractivity contribution in [3.8, 4) is 0 Å². The van der Waals surface area contributed by atoms with Gasteiger partial charge in [0, 0.05) is 38.8 Å². The number of hydrogen-bond acceptors (Lipinski definition) is 3. The van der Waals surface area contributed by atoms with Gasteiger partial charge in [-0.1, -0.05) is 60.7 Å². The standard InChI is InChI=1S/C21H28N2O/c1-18-17-22(13-8-16-24)14-15-23(18)21(19-9-4-2-5-10-19)20-11-6-3-7-12-20/h2-7,9-12,18,21,24H,8,13-17H2,1H3. The Balaban J connectivity index is 1.82. The van der Waals surface area contributed by atoms with Crippen LogP contribution in [0.25, 0.3) is 0 Å². The van der Waals surface area contributed by atoms with E-state index < -0.39 is 0 Å². The molecule has 0 saturated carbocycles. The van der Waals surface area contributed by atoms with Crippen molar-refractivity contribution in [1.29, 1.82) is 0 Å². The predicted octanol–water partition coefficient (Wildman–Crippen LogP) is 3.16. The molecule has 24 heavy (non-hydrogen) atoms. The molecule has 3 rings (SSSR count). The summed E-state index contributed by atoms with van der Waals surface area (Å²) in [6.45, 7) is 6.79. The molecule has 128 valence electrons. The summed E-state index contributed by atoms with van der Waals surface area (Å²) in [4.78, 5) is 5.10. The molecule has 2 aromatic rings. The normalized spacial score (nSPS) is 19.7. The van der Waals surface area contributed by atoms with E-state index in [1.165, 1.54) is 11.1 Å². The summed E-state index contributed by atoms with van der Waals surface area (Å²) < 4.78 is 0. The first kappa shape index (κ1) is 17.2. The molecule has 0 aliphatic carbocycles. The maximum absolute atomic E-state index is 9.06. The maximum Gasteiger partial charge on any atom is 0.0604 e. The number of nitrogens with zero attached hydrogens (tertiary/aromatic N) is 2. The molecule has 3 heteroatoms. The lowest BCUT2D eigenvalue weighted by molar-refractivity contribution is 0.0575. The maximum atomic E-state index is 9.06. The van der Waals surface area contributed by atoms with Crippen LogP contribution in [0.4, 0.5) is 0 Å². The largest absolute Gasteiger partial charge is 0.396 e. The van der Waals surface area contributed by atoms with Gasteiger partial charge < -0.3 is 10.0 Å². The molecule has 1 unspecified atom stereocenters. The van der Waals surface area contributed by atoms with Gasteiger partial charge >= 0.3 is 0 Å². The molecule has 1 aliphatic rings. The number of aliphatic hydroxyl groups excluding tert-OH is 1. The number of rotatable bonds is 6. The quantitative estimate of drug-likeness (QED) is 0.884. The fourth-order valence-corrected chi connectivity index (χ4v) is 3.77. The summed E-state index contributed by atoms with van der Waals surface area (Å²) in [5.74, 6) is 0. The summed E-state index contributed by atoms with van der Waals surface area (Å²) >= 11 is 0. The fraction of sp³-hybridized carbons (Fsp3) is 0.429. The molecule has 1 aliphatic heterocycles. The van der Waals surface area contributed by atoms with Gasteiger partial charge in [0.2, 0.25) is 0 Å². The van der Waals surface area contributed by atoms with Crippen LogP contribution in [-0.4, -0.2) is 53.7 Å². The Morgan fingerprint density at radius 2 is 1.54 bits per heavy atom. The van der Waals surface area contributed by atoms with Crippen molar-refractivity contribution >= 4 is 0 Å². The van der Waals surface area contributed by atoms with E-state index in [9.17, 15) is 0 Å². The van der Waals surface area contributed by atoms with Crippen LogP contribution in [0.15, 0.2) is 60.7 Å². The monoisotopic (exact) mass is 324 g/mol. The predicted molar refractivity (Wildman–Crippen MR) is 99.0 cm³/mol. The average molecular weight is 324 g/mol. The van der Waals surface area contributed by atoms with Crippen LogP contribution in [0.3, 0.4) is 0 Å². The smallest absolute Gasteiger partial charge is 0.0604 e. The van der Waals surface area contributed by atoms with Crippen LogP contribution in [0.5, 0.6) is 0 Å². The van der Waals surface area contributed by atoms with Gasteiger partial charge in [-0.2, -0.15) is 0 Å². The molecule has 1 fully saturated rings. The van der Waals surface area contributed by atoms with E-state index >= 15 is 0 Å². The van der Waals surface area contributed by atoms with Gasteiger partial charge in [0.15, 0.2) is 0 Å². The molecule has 1 saturated heterocycles. The van der Waals surface area contributed by atoms with Gasteiger partial charge in [-0.15, -0.1) is 0 Å². The van der Waals surface area contributed by atoms with Crippen LogP contribution in [0, 0.1) is 0 Å². The van der Waals surface area contributed by atoms with E-state index in [-0.39, 0.29) is 6.61 Å². The SMILES string of the molecule is CC1CN(CCCO)CCN1C(c1ccccc1)c1ccccc1. The van der Waals surface area contributed by atoms with Crippen molar-refractivity contribution in [3.63, 3.8) is 0 Å². The molecule has 0 aromatic heterocycles. The Morgan fingerprint density at radius 1 is 0.958 bits per heavy atom. The molecule has 2 aromatic carbocycles. The number of benzene rings is 2. The van der Waals surface area contributed by atoms with E-state index in [0.29, 0.717) is 12.1 Å². The minimum Gasteiger partial charge on any atom is -0.396 e. The van der Waals surface area contributed by atoms with Crippen molar-refractivity contribution in [2.75, 3.05) is 32.8 Å². The first-order valence-electron chi connectivity index (χ1n) is 8.98. The van der Waals surface area contributed by atoms with Crippen molar-refractivity contribution in [3.05, 3.63) is 71.8 Å². The van der Waals surface area contributed by atoms with Crippen LogP contribution in [0.2, 0.25) is 0 Å². The minimum absolute atomic E-state index is 0.283. The second-order valence-corrected chi connectivity index (χ2v) is 6.69. The highest BCUT2D eigenvalue weighted by Crippen LogP contribution is 2.31. The molecule has 3 nitrogen and oxygen atoms in total. The van der Waals surface area contributed by atoms with Gasteiger partial charge in [0.25, 0.3) is 0 Å². The Bertz CT molecular complexity index is 562. The summed E-state index contributed by atoms with van der Waals surface area (Å²) in [5, 5.41) is 9.06. The van der Waals surface area contributed by atoms with Gasteiger partial charge in [-0.05, 0) is 24.5 Å². The highest BCUT2D eigenvalue weighted by molar-refractivity contribution is 5.32. The Labute approximate surface area is 145 Å². The zero-order chi connectivity index (χ0) is 16.8. The summed E-state index contributed by atoms with van der Waals surface area (Å²) in [6.07, 6.45) is 0.869. The van der Waals surface area contributed by atoms with E-state index in [4.69, 9.17) is 5.11 Å². The average Bonchev–Trinajstić information content (AvgIpc) is 2.64. The number of hydrogen-bond donors (Lipinski definition) is 1.